The highest BCUT2D eigenvalue weighted by Gasteiger charge is 2.42. The van der Waals surface area contributed by atoms with E-state index < -0.39 is 0 Å². The Bertz CT molecular complexity index is 1180. The molecule has 3 aromatic rings. The molecule has 8 heteroatoms. The van der Waals surface area contributed by atoms with Gasteiger partial charge in [0.25, 0.3) is 0 Å². The fourth-order valence-corrected chi connectivity index (χ4v) is 5.69. The van der Waals surface area contributed by atoms with E-state index in [2.05, 4.69) is 39.7 Å². The number of phenolic OH excluding ortho intramolecular Hbond substituents is 1. The smallest absolute Gasteiger partial charge is 0.174 e. The summed E-state index contributed by atoms with van der Waals surface area (Å²) in [5.74, 6) is 0.211. The van der Waals surface area contributed by atoms with Crippen LogP contribution in [0.4, 0.5) is 5.69 Å². The molecule has 0 amide bonds. The Morgan fingerprint density at radius 2 is 1.86 bits per heavy atom. The number of benzene rings is 1. The maximum absolute atomic E-state index is 10.7. The van der Waals surface area contributed by atoms with Crippen molar-refractivity contribution in [3.8, 4) is 5.75 Å². The lowest BCUT2D eigenvalue weighted by Crippen LogP contribution is -2.37. The third-order valence-corrected chi connectivity index (χ3v) is 7.45. The van der Waals surface area contributed by atoms with Crippen molar-refractivity contribution in [1.82, 2.24) is 19.8 Å². The molecule has 2 atom stereocenters. The molecule has 0 unspecified atom stereocenters. The molecule has 2 N–H and O–H groups in total. The summed E-state index contributed by atoms with van der Waals surface area (Å²) in [6.07, 6.45) is 2.90. The van der Waals surface area contributed by atoms with Gasteiger partial charge >= 0.3 is 0 Å². The fraction of sp³-hybridized carbons (Fsp3) is 0.407. The minimum absolute atomic E-state index is 0.134. The number of ether oxygens (including phenoxy) is 1. The zero-order chi connectivity index (χ0) is 24.4. The predicted molar refractivity (Wildman–Crippen MR) is 142 cm³/mol. The molecule has 0 spiro atoms. The van der Waals surface area contributed by atoms with Crippen LogP contribution in [0.15, 0.2) is 54.7 Å². The third-order valence-electron chi connectivity index (χ3n) is 7.13. The molecule has 4 heterocycles. The van der Waals surface area contributed by atoms with Crippen molar-refractivity contribution in [1.29, 1.82) is 0 Å². The van der Waals surface area contributed by atoms with Crippen molar-refractivity contribution < 1.29 is 9.84 Å². The van der Waals surface area contributed by atoms with Gasteiger partial charge in [0.2, 0.25) is 0 Å². The first-order valence-corrected chi connectivity index (χ1v) is 12.7. The summed E-state index contributed by atoms with van der Waals surface area (Å²) in [7, 11) is 0. The first-order chi connectivity index (χ1) is 17.0. The average molecular weight is 492 g/mol. The molecule has 0 saturated carbocycles. The minimum Gasteiger partial charge on any atom is -0.506 e. The first-order valence-electron chi connectivity index (χ1n) is 12.3. The average Bonchev–Trinajstić information content (AvgIpc) is 3.36. The third kappa shape index (κ3) is 4.78. The van der Waals surface area contributed by atoms with E-state index in [1.165, 1.54) is 17.0 Å². The zero-order valence-corrected chi connectivity index (χ0v) is 21.2. The number of pyridine rings is 1. The van der Waals surface area contributed by atoms with E-state index in [9.17, 15) is 5.11 Å². The standard InChI is InChI=1S/C27H33N5O2S/c1-19-18-21(20(2)31(19)13-7-12-30-14-16-34-17-15-30)26-25(22-8-5-6-11-28-22)29-27(35)32(26)23-9-3-4-10-24(23)33/h3-6,8-11,18,25-26,33H,7,12-17H2,1-2H3,(H,29,35)/t25-,26+/m1/s1. The van der Waals surface area contributed by atoms with E-state index in [0.717, 1.165) is 51.5 Å². The zero-order valence-electron chi connectivity index (χ0n) is 20.4. The summed E-state index contributed by atoms with van der Waals surface area (Å²) in [6, 6.07) is 15.3. The topological polar surface area (TPSA) is 65.8 Å². The van der Waals surface area contributed by atoms with Crippen molar-refractivity contribution >= 4 is 23.0 Å². The summed E-state index contributed by atoms with van der Waals surface area (Å²) in [5.41, 5.74) is 5.28. The number of phenols is 1. The molecular formula is C27H33N5O2S. The van der Waals surface area contributed by atoms with Gasteiger partial charge in [-0.25, -0.2) is 0 Å². The molecule has 2 aliphatic rings. The van der Waals surface area contributed by atoms with Crippen LogP contribution in [0.5, 0.6) is 5.75 Å². The molecule has 0 bridgehead atoms. The number of anilines is 1. The van der Waals surface area contributed by atoms with E-state index in [-0.39, 0.29) is 17.8 Å². The van der Waals surface area contributed by atoms with Crippen LogP contribution >= 0.6 is 12.2 Å². The Morgan fingerprint density at radius 3 is 2.60 bits per heavy atom. The van der Waals surface area contributed by atoms with Gasteiger partial charge in [-0.3, -0.25) is 9.88 Å². The normalized spacial score (nSPS) is 20.9. The number of rotatable bonds is 7. The van der Waals surface area contributed by atoms with Gasteiger partial charge in [-0.2, -0.15) is 0 Å². The number of hydrogen-bond acceptors (Lipinski definition) is 5. The predicted octanol–water partition coefficient (Wildman–Crippen LogP) is 4.10. The number of para-hydroxylation sites is 2. The van der Waals surface area contributed by atoms with Gasteiger partial charge in [0.15, 0.2) is 5.11 Å². The van der Waals surface area contributed by atoms with Gasteiger partial charge in [0, 0.05) is 43.8 Å². The number of nitrogens with zero attached hydrogens (tertiary/aromatic N) is 4. The van der Waals surface area contributed by atoms with Crippen molar-refractivity contribution in [2.24, 2.45) is 0 Å². The number of aromatic hydroxyl groups is 1. The van der Waals surface area contributed by atoms with Crippen LogP contribution in [0.1, 0.15) is 41.1 Å². The highest BCUT2D eigenvalue weighted by molar-refractivity contribution is 7.80. The Morgan fingerprint density at radius 1 is 1.09 bits per heavy atom. The van der Waals surface area contributed by atoms with E-state index in [1.807, 2.05) is 47.5 Å². The number of aryl methyl sites for hydroxylation is 1. The lowest BCUT2D eigenvalue weighted by atomic mass is 9.96. The highest BCUT2D eigenvalue weighted by atomic mass is 32.1. The number of aromatic nitrogens is 2. The molecule has 0 aliphatic carbocycles. The monoisotopic (exact) mass is 491 g/mol. The molecule has 0 radical (unpaired) electrons. The van der Waals surface area contributed by atoms with Crippen LogP contribution in [0.3, 0.4) is 0 Å². The van der Waals surface area contributed by atoms with E-state index in [0.29, 0.717) is 10.8 Å². The summed E-state index contributed by atoms with van der Waals surface area (Å²) >= 11 is 5.81. The van der Waals surface area contributed by atoms with Crippen LogP contribution in [0.2, 0.25) is 0 Å². The van der Waals surface area contributed by atoms with Crippen molar-refractivity contribution in [3.63, 3.8) is 0 Å². The Hall–Kier alpha value is -2.94. The van der Waals surface area contributed by atoms with Gasteiger partial charge < -0.3 is 24.6 Å². The summed E-state index contributed by atoms with van der Waals surface area (Å²) in [5, 5.41) is 14.8. The van der Waals surface area contributed by atoms with Gasteiger partial charge in [-0.1, -0.05) is 18.2 Å². The molecule has 2 saturated heterocycles. The van der Waals surface area contributed by atoms with Crippen LogP contribution in [0, 0.1) is 13.8 Å². The molecule has 2 fully saturated rings. The molecule has 1 aromatic carbocycles. The van der Waals surface area contributed by atoms with Gasteiger partial charge in [0.1, 0.15) is 5.75 Å². The van der Waals surface area contributed by atoms with Crippen LogP contribution in [-0.2, 0) is 11.3 Å². The van der Waals surface area contributed by atoms with Crippen molar-refractivity contribution in [2.75, 3.05) is 37.7 Å². The Kier molecular flexibility index (Phi) is 7.04. The number of nitrogens with one attached hydrogen (secondary N) is 1. The van der Waals surface area contributed by atoms with Gasteiger partial charge in [-0.15, -0.1) is 0 Å². The Labute approximate surface area is 212 Å². The van der Waals surface area contributed by atoms with Crippen LogP contribution < -0.4 is 10.2 Å². The second kappa shape index (κ2) is 10.4. The SMILES string of the molecule is Cc1cc([C@H]2[C@@H](c3ccccn3)NC(=S)N2c2ccccc2O)c(C)n1CCCN1CCOCC1. The quantitative estimate of drug-likeness (QED) is 0.482. The largest absolute Gasteiger partial charge is 0.506 e. The summed E-state index contributed by atoms with van der Waals surface area (Å²) in [6.45, 7) is 10.1. The fourth-order valence-electron chi connectivity index (χ4n) is 5.35. The highest BCUT2D eigenvalue weighted by Crippen LogP contribution is 2.45. The van der Waals surface area contributed by atoms with E-state index in [4.69, 9.17) is 17.0 Å². The van der Waals surface area contributed by atoms with Crippen molar-refractivity contribution in [3.05, 3.63) is 77.4 Å². The van der Waals surface area contributed by atoms with E-state index in [1.54, 1.807) is 6.07 Å². The molecule has 35 heavy (non-hydrogen) atoms. The molecule has 2 aromatic heterocycles. The van der Waals surface area contributed by atoms with Crippen molar-refractivity contribution in [2.45, 2.75) is 38.9 Å². The Balaban J connectivity index is 1.48. The lowest BCUT2D eigenvalue weighted by Gasteiger charge is -2.29. The second-order valence-electron chi connectivity index (χ2n) is 9.27. The molecule has 184 valence electrons. The second-order valence-corrected chi connectivity index (χ2v) is 9.66. The molecule has 7 nitrogen and oxygen atoms in total. The van der Waals surface area contributed by atoms with E-state index >= 15 is 0 Å². The van der Waals surface area contributed by atoms with Crippen LogP contribution in [0.25, 0.3) is 0 Å². The van der Waals surface area contributed by atoms with Crippen LogP contribution in [-0.4, -0.2) is 57.5 Å². The molecular weight excluding hydrogens is 458 g/mol. The minimum atomic E-state index is -0.134. The molecule has 5 rings (SSSR count). The van der Waals surface area contributed by atoms with Gasteiger partial charge in [0.05, 0.1) is 36.7 Å². The summed E-state index contributed by atoms with van der Waals surface area (Å²) < 4.78 is 7.89. The molecule has 2 aliphatic heterocycles. The number of thiocarbonyl (C=S) groups is 1. The maximum Gasteiger partial charge on any atom is 0.174 e. The summed E-state index contributed by atoms with van der Waals surface area (Å²) in [4.78, 5) is 9.17. The number of morpholine rings is 1. The number of hydrogen-bond donors (Lipinski definition) is 2. The maximum atomic E-state index is 10.7. The first kappa shape index (κ1) is 23.8. The lowest BCUT2D eigenvalue weighted by molar-refractivity contribution is 0.0369. The van der Waals surface area contributed by atoms with Gasteiger partial charge in [-0.05, 0) is 68.4 Å².